The van der Waals surface area contributed by atoms with Gasteiger partial charge in [-0.25, -0.2) is 0 Å². The summed E-state index contributed by atoms with van der Waals surface area (Å²) in [6, 6.07) is 0.253. The lowest BCUT2D eigenvalue weighted by molar-refractivity contribution is -0.122. The molecule has 0 aromatic heterocycles. The minimum absolute atomic E-state index is 0.0844. The van der Waals surface area contributed by atoms with Gasteiger partial charge in [-0.2, -0.15) is 0 Å². The van der Waals surface area contributed by atoms with Gasteiger partial charge in [0.05, 0.1) is 12.6 Å². The van der Waals surface area contributed by atoms with Crippen molar-refractivity contribution in [3.8, 4) is 0 Å². The molecule has 18 heavy (non-hydrogen) atoms. The van der Waals surface area contributed by atoms with Crippen molar-refractivity contribution in [3.05, 3.63) is 0 Å². The summed E-state index contributed by atoms with van der Waals surface area (Å²) in [5.41, 5.74) is 0. The Kier molecular flexibility index (Phi) is 6.65. The molecule has 1 saturated heterocycles. The highest BCUT2D eigenvalue weighted by molar-refractivity contribution is 5.78. The highest BCUT2D eigenvalue weighted by Crippen LogP contribution is 2.09. The Morgan fingerprint density at radius 2 is 2.11 bits per heavy atom. The van der Waals surface area contributed by atoms with Crippen molar-refractivity contribution in [2.24, 2.45) is 5.92 Å². The van der Waals surface area contributed by atoms with E-state index in [0.717, 1.165) is 25.3 Å². The molecular weight excluding hydrogens is 228 g/mol. The second-order valence-electron chi connectivity index (χ2n) is 5.97. The largest absolute Gasteiger partial charge is 0.392 e. The van der Waals surface area contributed by atoms with Gasteiger partial charge in [0.25, 0.3) is 0 Å². The monoisotopic (exact) mass is 256 g/mol. The van der Waals surface area contributed by atoms with E-state index in [1.807, 2.05) is 4.90 Å². The Morgan fingerprint density at radius 3 is 2.67 bits per heavy atom. The molecule has 0 saturated carbocycles. The van der Waals surface area contributed by atoms with E-state index in [1.54, 1.807) is 0 Å². The number of aliphatic hydroxyl groups excluding tert-OH is 1. The molecule has 1 rings (SSSR count). The van der Waals surface area contributed by atoms with Gasteiger partial charge >= 0.3 is 0 Å². The van der Waals surface area contributed by atoms with E-state index in [9.17, 15) is 9.90 Å². The predicted octanol–water partition coefficient (Wildman–Crippen LogP) is 1.38. The molecule has 1 heterocycles. The van der Waals surface area contributed by atoms with E-state index in [1.165, 1.54) is 12.8 Å². The lowest BCUT2D eigenvalue weighted by Gasteiger charge is -2.18. The number of amides is 1. The molecule has 0 bridgehead atoms. The van der Waals surface area contributed by atoms with Crippen LogP contribution in [-0.2, 0) is 4.79 Å². The Balaban J connectivity index is 2.11. The third-order valence-electron chi connectivity index (χ3n) is 3.44. The highest BCUT2D eigenvalue weighted by atomic mass is 16.3. The van der Waals surface area contributed by atoms with Crippen LogP contribution >= 0.6 is 0 Å². The number of β-amino-alcohol motifs (C(OH)–C–C–N with tert-alkyl or cyclic N) is 1. The second-order valence-corrected chi connectivity index (χ2v) is 5.97. The van der Waals surface area contributed by atoms with Crippen molar-refractivity contribution in [1.29, 1.82) is 0 Å². The number of carbonyl (C=O) groups is 1. The molecule has 106 valence electrons. The van der Waals surface area contributed by atoms with Gasteiger partial charge in [-0.1, -0.05) is 26.7 Å². The third kappa shape index (κ3) is 6.36. The van der Waals surface area contributed by atoms with Crippen LogP contribution in [0.1, 0.15) is 46.5 Å². The Hall–Kier alpha value is -0.610. The molecule has 4 heteroatoms. The summed E-state index contributed by atoms with van der Waals surface area (Å²) in [5, 5.41) is 12.4. The van der Waals surface area contributed by atoms with Gasteiger partial charge in [-0.3, -0.25) is 9.69 Å². The van der Waals surface area contributed by atoms with E-state index in [0.29, 0.717) is 13.1 Å². The van der Waals surface area contributed by atoms with Crippen molar-refractivity contribution in [2.75, 3.05) is 19.6 Å². The van der Waals surface area contributed by atoms with Crippen molar-refractivity contribution in [3.63, 3.8) is 0 Å². The summed E-state index contributed by atoms with van der Waals surface area (Å²) in [5.74, 6) is 0.820. The standard InChI is InChI=1S/C14H28N2O2/c1-11(2)5-4-6-12(3)15-14(18)10-16-8-7-13(17)9-16/h11-13,17H,4-10H2,1-3H3,(H,15,18)/t12?,13-/m1/s1. The SMILES string of the molecule is CC(C)CCCC(C)NC(=O)CN1CC[C@@H](O)C1. The fourth-order valence-electron chi connectivity index (χ4n) is 2.38. The van der Waals surface area contributed by atoms with Crippen LogP contribution in [0, 0.1) is 5.92 Å². The smallest absolute Gasteiger partial charge is 0.234 e. The highest BCUT2D eigenvalue weighted by Gasteiger charge is 2.22. The summed E-state index contributed by atoms with van der Waals surface area (Å²) in [6.07, 6.45) is 3.98. The maximum Gasteiger partial charge on any atom is 0.234 e. The van der Waals surface area contributed by atoms with Gasteiger partial charge in [0.2, 0.25) is 5.91 Å². The first-order chi connectivity index (χ1) is 8.47. The second kappa shape index (κ2) is 7.74. The minimum atomic E-state index is -0.249. The molecule has 1 unspecified atom stereocenters. The lowest BCUT2D eigenvalue weighted by atomic mass is 10.0. The fourth-order valence-corrected chi connectivity index (χ4v) is 2.38. The molecule has 0 radical (unpaired) electrons. The van der Waals surface area contributed by atoms with Crippen molar-refractivity contribution in [1.82, 2.24) is 10.2 Å². The maximum absolute atomic E-state index is 11.8. The van der Waals surface area contributed by atoms with Crippen molar-refractivity contribution < 1.29 is 9.90 Å². The van der Waals surface area contributed by atoms with Crippen molar-refractivity contribution >= 4 is 5.91 Å². The number of hydrogen-bond donors (Lipinski definition) is 2. The molecule has 1 aliphatic rings. The zero-order valence-corrected chi connectivity index (χ0v) is 12.0. The van der Waals surface area contributed by atoms with Crippen LogP contribution < -0.4 is 5.32 Å². The molecule has 2 atom stereocenters. The Morgan fingerprint density at radius 1 is 1.39 bits per heavy atom. The first kappa shape index (κ1) is 15.4. The quantitative estimate of drug-likeness (QED) is 0.723. The van der Waals surface area contributed by atoms with Gasteiger partial charge in [-0.05, 0) is 25.7 Å². The molecule has 1 fully saturated rings. The summed E-state index contributed by atoms with van der Waals surface area (Å²) < 4.78 is 0. The van der Waals surface area contributed by atoms with Crippen LogP contribution in [0.3, 0.4) is 0 Å². The van der Waals surface area contributed by atoms with Gasteiger partial charge in [0.15, 0.2) is 0 Å². The molecule has 2 N–H and O–H groups in total. The van der Waals surface area contributed by atoms with Gasteiger partial charge in [0.1, 0.15) is 0 Å². The topological polar surface area (TPSA) is 52.6 Å². The summed E-state index contributed by atoms with van der Waals surface area (Å²) >= 11 is 0. The number of rotatable bonds is 7. The number of carbonyl (C=O) groups excluding carboxylic acids is 1. The van der Waals surface area contributed by atoms with E-state index in [4.69, 9.17) is 0 Å². The molecule has 0 aliphatic carbocycles. The lowest BCUT2D eigenvalue weighted by Crippen LogP contribution is -2.40. The fraction of sp³-hybridized carbons (Fsp3) is 0.929. The first-order valence-corrected chi connectivity index (χ1v) is 7.17. The number of nitrogens with one attached hydrogen (secondary N) is 1. The van der Waals surface area contributed by atoms with Crippen molar-refractivity contribution in [2.45, 2.75) is 58.6 Å². The number of aliphatic hydroxyl groups is 1. The number of hydrogen-bond acceptors (Lipinski definition) is 3. The first-order valence-electron chi connectivity index (χ1n) is 7.17. The van der Waals surface area contributed by atoms with E-state index >= 15 is 0 Å². The van der Waals surface area contributed by atoms with E-state index < -0.39 is 0 Å². The van der Waals surface area contributed by atoms with Crippen LogP contribution in [0.15, 0.2) is 0 Å². The Labute approximate surface area is 111 Å². The van der Waals surface area contributed by atoms with Gasteiger partial charge in [-0.15, -0.1) is 0 Å². The summed E-state index contributed by atoms with van der Waals surface area (Å²) in [6.45, 7) is 8.40. The molecule has 0 spiro atoms. The zero-order chi connectivity index (χ0) is 13.5. The predicted molar refractivity (Wildman–Crippen MR) is 73.4 cm³/mol. The normalized spacial score (nSPS) is 22.4. The average Bonchev–Trinajstić information content (AvgIpc) is 2.62. The van der Waals surface area contributed by atoms with Crippen LogP contribution in [0.25, 0.3) is 0 Å². The molecule has 0 aromatic carbocycles. The summed E-state index contributed by atoms with van der Waals surface area (Å²) in [7, 11) is 0. The average molecular weight is 256 g/mol. The Bertz CT molecular complexity index is 256. The molecular formula is C14H28N2O2. The van der Waals surface area contributed by atoms with Gasteiger partial charge < -0.3 is 10.4 Å². The molecule has 0 aromatic rings. The number of likely N-dealkylation sites (tertiary alicyclic amines) is 1. The number of nitrogens with zero attached hydrogens (tertiary/aromatic N) is 1. The van der Waals surface area contributed by atoms with Crippen LogP contribution in [0.2, 0.25) is 0 Å². The van der Waals surface area contributed by atoms with Gasteiger partial charge in [0, 0.05) is 19.1 Å². The zero-order valence-electron chi connectivity index (χ0n) is 12.0. The molecule has 1 aliphatic heterocycles. The van der Waals surface area contributed by atoms with Crippen LogP contribution in [0.5, 0.6) is 0 Å². The maximum atomic E-state index is 11.8. The molecule has 1 amide bonds. The summed E-state index contributed by atoms with van der Waals surface area (Å²) in [4.78, 5) is 13.8. The minimum Gasteiger partial charge on any atom is -0.392 e. The third-order valence-corrected chi connectivity index (χ3v) is 3.44. The van der Waals surface area contributed by atoms with Crippen LogP contribution in [0.4, 0.5) is 0 Å². The van der Waals surface area contributed by atoms with E-state index in [-0.39, 0.29) is 18.1 Å². The van der Waals surface area contributed by atoms with E-state index in [2.05, 4.69) is 26.1 Å². The van der Waals surface area contributed by atoms with Crippen LogP contribution in [-0.4, -0.2) is 47.7 Å². The molecule has 4 nitrogen and oxygen atoms in total.